The Bertz CT molecular complexity index is 1040. The van der Waals surface area contributed by atoms with Gasteiger partial charge in [0.2, 0.25) is 5.91 Å². The number of hydrogen-bond donors (Lipinski definition) is 2. The van der Waals surface area contributed by atoms with Crippen molar-refractivity contribution >= 4 is 23.3 Å². The van der Waals surface area contributed by atoms with E-state index >= 15 is 0 Å². The lowest BCUT2D eigenvalue weighted by molar-refractivity contribution is 0.100. The van der Waals surface area contributed by atoms with Crippen LogP contribution in [-0.4, -0.2) is 21.1 Å². The third kappa shape index (κ3) is 3.29. The van der Waals surface area contributed by atoms with E-state index in [4.69, 9.17) is 17.3 Å². The number of nitrogens with zero attached hydrogens (tertiary/aromatic N) is 3. The van der Waals surface area contributed by atoms with E-state index in [-0.39, 0.29) is 5.82 Å². The number of hydrogen-bond acceptors (Lipinski definition) is 5. The summed E-state index contributed by atoms with van der Waals surface area (Å²) in [6.45, 7) is 0. The Morgan fingerprint density at radius 3 is 2.61 bits per heavy atom. The Morgan fingerprint density at radius 2 is 2.00 bits per heavy atom. The van der Waals surface area contributed by atoms with Crippen LogP contribution in [0.15, 0.2) is 48.7 Å². The topological polar surface area (TPSA) is 93.8 Å². The van der Waals surface area contributed by atoms with Gasteiger partial charge in [-0.3, -0.25) is 9.78 Å². The number of nitrogens with two attached hydrogens (primary N) is 1. The summed E-state index contributed by atoms with van der Waals surface area (Å²) in [6.07, 6.45) is 4.08. The molecule has 1 aliphatic carbocycles. The summed E-state index contributed by atoms with van der Waals surface area (Å²) in [4.78, 5) is 15.6. The molecule has 0 saturated heterocycles. The SMILES string of the molecule is NC(=O)c1ccc(Cl)c(-c2ccc(NC3(c4ncccc4F)CCC3)nn2)c1. The van der Waals surface area contributed by atoms with Gasteiger partial charge in [0, 0.05) is 17.3 Å². The number of carbonyl (C=O) groups excluding carboxylic acids is 1. The van der Waals surface area contributed by atoms with Gasteiger partial charge in [-0.2, -0.15) is 0 Å². The summed E-state index contributed by atoms with van der Waals surface area (Å²) in [6, 6.07) is 11.2. The lowest BCUT2D eigenvalue weighted by atomic mass is 9.74. The van der Waals surface area contributed by atoms with Gasteiger partial charge in [0.05, 0.1) is 16.3 Å². The fourth-order valence-electron chi connectivity index (χ4n) is 3.35. The van der Waals surface area contributed by atoms with Crippen LogP contribution in [0.5, 0.6) is 0 Å². The number of halogens is 2. The second-order valence-electron chi connectivity index (χ2n) is 6.76. The maximum atomic E-state index is 14.3. The molecule has 4 rings (SSSR count). The summed E-state index contributed by atoms with van der Waals surface area (Å²) in [7, 11) is 0. The molecule has 142 valence electrons. The van der Waals surface area contributed by atoms with Crippen molar-refractivity contribution in [3.8, 4) is 11.3 Å². The van der Waals surface area contributed by atoms with E-state index in [2.05, 4.69) is 20.5 Å². The van der Waals surface area contributed by atoms with Crippen molar-refractivity contribution in [1.82, 2.24) is 15.2 Å². The van der Waals surface area contributed by atoms with E-state index in [0.29, 0.717) is 33.4 Å². The van der Waals surface area contributed by atoms with E-state index in [1.54, 1.807) is 42.6 Å². The number of aromatic nitrogens is 3. The predicted octanol–water partition coefficient (Wildman–Crippen LogP) is 3.92. The van der Waals surface area contributed by atoms with Gasteiger partial charge in [0.15, 0.2) is 0 Å². The van der Waals surface area contributed by atoms with Crippen LogP contribution in [-0.2, 0) is 5.54 Å². The molecule has 28 heavy (non-hydrogen) atoms. The van der Waals surface area contributed by atoms with E-state index in [9.17, 15) is 9.18 Å². The second kappa shape index (κ2) is 7.16. The lowest BCUT2D eigenvalue weighted by Gasteiger charge is -2.42. The minimum atomic E-state index is -0.578. The monoisotopic (exact) mass is 397 g/mol. The van der Waals surface area contributed by atoms with Crippen LogP contribution in [0.25, 0.3) is 11.3 Å². The normalized spacial score (nSPS) is 14.9. The number of carbonyl (C=O) groups is 1. The molecule has 8 heteroatoms. The molecular weight excluding hydrogens is 381 g/mol. The molecule has 0 aliphatic heterocycles. The Hall–Kier alpha value is -3.06. The van der Waals surface area contributed by atoms with Crippen molar-refractivity contribution in [3.63, 3.8) is 0 Å². The zero-order chi connectivity index (χ0) is 19.7. The number of amides is 1. The van der Waals surface area contributed by atoms with Gasteiger partial charge in [-0.15, -0.1) is 10.2 Å². The standard InChI is InChI=1S/C20H17ClFN5O/c21-14-5-4-12(19(23)28)11-13(14)16-6-7-17(27-26-16)25-20(8-2-9-20)18-15(22)3-1-10-24-18/h1,3-7,10-11H,2,8-9H2,(H2,23,28)(H,25,27). The molecule has 0 atom stereocenters. The Kier molecular flexibility index (Phi) is 4.68. The average molecular weight is 398 g/mol. The first-order chi connectivity index (χ1) is 13.5. The lowest BCUT2D eigenvalue weighted by Crippen LogP contribution is -2.43. The molecule has 0 unspecified atom stereocenters. The van der Waals surface area contributed by atoms with Crippen molar-refractivity contribution in [2.75, 3.05) is 5.32 Å². The number of rotatable bonds is 5. The van der Waals surface area contributed by atoms with Crippen LogP contribution in [0.4, 0.5) is 10.2 Å². The van der Waals surface area contributed by atoms with Crippen LogP contribution in [0, 0.1) is 5.82 Å². The van der Waals surface area contributed by atoms with Gasteiger partial charge in [-0.1, -0.05) is 11.6 Å². The second-order valence-corrected chi connectivity index (χ2v) is 7.16. The van der Waals surface area contributed by atoms with Crippen LogP contribution in [0.3, 0.4) is 0 Å². The first kappa shape index (κ1) is 18.3. The summed E-state index contributed by atoms with van der Waals surface area (Å²) in [5, 5.41) is 12.1. The highest BCUT2D eigenvalue weighted by molar-refractivity contribution is 6.33. The van der Waals surface area contributed by atoms with E-state index in [0.717, 1.165) is 19.3 Å². The highest BCUT2D eigenvalue weighted by Crippen LogP contribution is 2.43. The summed E-state index contributed by atoms with van der Waals surface area (Å²) in [5.41, 5.74) is 6.55. The van der Waals surface area contributed by atoms with Crippen molar-refractivity contribution in [1.29, 1.82) is 0 Å². The van der Waals surface area contributed by atoms with Crippen LogP contribution >= 0.6 is 11.6 Å². The molecule has 6 nitrogen and oxygen atoms in total. The Morgan fingerprint density at radius 1 is 1.18 bits per heavy atom. The van der Waals surface area contributed by atoms with Gasteiger partial charge in [0.25, 0.3) is 0 Å². The summed E-state index contributed by atoms with van der Waals surface area (Å²) < 4.78 is 14.3. The first-order valence-corrected chi connectivity index (χ1v) is 9.19. The maximum absolute atomic E-state index is 14.3. The third-order valence-corrected chi connectivity index (χ3v) is 5.31. The summed E-state index contributed by atoms with van der Waals surface area (Å²) in [5.74, 6) is -0.376. The number of nitrogens with one attached hydrogen (secondary N) is 1. The van der Waals surface area contributed by atoms with E-state index in [1.165, 1.54) is 6.07 Å². The molecule has 1 saturated carbocycles. The van der Waals surface area contributed by atoms with Crippen LogP contribution in [0.1, 0.15) is 35.3 Å². The third-order valence-electron chi connectivity index (χ3n) is 4.98. The molecule has 3 N–H and O–H groups in total. The molecule has 0 spiro atoms. The van der Waals surface area contributed by atoms with Crippen molar-refractivity contribution in [2.45, 2.75) is 24.8 Å². The molecule has 0 bridgehead atoms. The Balaban J connectivity index is 1.62. The van der Waals surface area contributed by atoms with E-state index in [1.807, 2.05) is 0 Å². The minimum Gasteiger partial charge on any atom is -0.366 e. The number of benzene rings is 1. The molecule has 1 amide bonds. The van der Waals surface area contributed by atoms with Crippen molar-refractivity contribution < 1.29 is 9.18 Å². The van der Waals surface area contributed by atoms with Gasteiger partial charge < -0.3 is 11.1 Å². The van der Waals surface area contributed by atoms with Gasteiger partial charge in [-0.25, -0.2) is 4.39 Å². The number of pyridine rings is 1. The Labute approximate surface area is 166 Å². The minimum absolute atomic E-state index is 0.336. The first-order valence-electron chi connectivity index (χ1n) is 8.81. The molecule has 1 aliphatic rings. The van der Waals surface area contributed by atoms with Gasteiger partial charge >= 0.3 is 0 Å². The highest BCUT2D eigenvalue weighted by atomic mass is 35.5. The molecule has 0 radical (unpaired) electrons. The van der Waals surface area contributed by atoms with Crippen LogP contribution < -0.4 is 11.1 Å². The molecule has 1 aromatic carbocycles. The van der Waals surface area contributed by atoms with Gasteiger partial charge in [0.1, 0.15) is 17.3 Å². The van der Waals surface area contributed by atoms with E-state index < -0.39 is 11.4 Å². The van der Waals surface area contributed by atoms with Crippen molar-refractivity contribution in [2.24, 2.45) is 5.73 Å². The number of primary amides is 1. The van der Waals surface area contributed by atoms with Gasteiger partial charge in [-0.05, 0) is 61.7 Å². The fourth-order valence-corrected chi connectivity index (χ4v) is 3.57. The average Bonchev–Trinajstić information content (AvgIpc) is 2.66. The smallest absolute Gasteiger partial charge is 0.248 e. The molecule has 3 aromatic rings. The zero-order valence-corrected chi connectivity index (χ0v) is 15.6. The molecule has 1 fully saturated rings. The number of anilines is 1. The summed E-state index contributed by atoms with van der Waals surface area (Å²) >= 11 is 6.23. The predicted molar refractivity (Wildman–Crippen MR) is 104 cm³/mol. The highest BCUT2D eigenvalue weighted by Gasteiger charge is 2.42. The van der Waals surface area contributed by atoms with Crippen molar-refractivity contribution in [3.05, 3.63) is 70.8 Å². The largest absolute Gasteiger partial charge is 0.366 e. The maximum Gasteiger partial charge on any atom is 0.248 e. The quantitative estimate of drug-likeness (QED) is 0.680. The molecule has 2 heterocycles. The molecule has 2 aromatic heterocycles. The van der Waals surface area contributed by atoms with Crippen LogP contribution in [0.2, 0.25) is 5.02 Å². The fraction of sp³-hybridized carbons (Fsp3) is 0.200. The molecular formula is C20H17ClFN5O. The zero-order valence-electron chi connectivity index (χ0n) is 14.8.